The van der Waals surface area contributed by atoms with Crippen molar-refractivity contribution in [2.75, 3.05) is 6.54 Å². The maximum absolute atomic E-state index is 13.0. The molecule has 1 aliphatic heterocycles. The lowest BCUT2D eigenvalue weighted by Crippen LogP contribution is -2.21. The minimum atomic E-state index is -1.47. The quantitative estimate of drug-likeness (QED) is 0.791. The van der Waals surface area contributed by atoms with Gasteiger partial charge in [0, 0.05) is 12.5 Å². The van der Waals surface area contributed by atoms with Gasteiger partial charge in [-0.15, -0.1) is 0 Å². The van der Waals surface area contributed by atoms with Crippen molar-refractivity contribution >= 4 is 5.91 Å². The molecule has 0 aromatic heterocycles. The highest BCUT2D eigenvalue weighted by Gasteiger charge is 2.31. The molecule has 17 heavy (non-hydrogen) atoms. The van der Waals surface area contributed by atoms with Crippen molar-refractivity contribution in [3.63, 3.8) is 0 Å². The summed E-state index contributed by atoms with van der Waals surface area (Å²) in [7, 11) is 0. The molecule has 1 N–H and O–H groups in total. The molecule has 0 aliphatic carbocycles. The van der Waals surface area contributed by atoms with Gasteiger partial charge in [-0.2, -0.15) is 0 Å². The first-order valence-corrected chi connectivity index (χ1v) is 5.40. The number of carbonyl (C=O) groups is 1. The average Bonchev–Trinajstić information content (AvgIpc) is 2.57. The third-order valence-corrected chi connectivity index (χ3v) is 3.12. The van der Waals surface area contributed by atoms with Crippen LogP contribution in [-0.4, -0.2) is 12.5 Å². The van der Waals surface area contributed by atoms with Crippen LogP contribution in [0.2, 0.25) is 0 Å². The van der Waals surface area contributed by atoms with E-state index >= 15 is 0 Å². The molecule has 1 fully saturated rings. The predicted octanol–water partition coefficient (Wildman–Crippen LogP) is 2.03. The van der Waals surface area contributed by atoms with Crippen LogP contribution in [0, 0.1) is 29.3 Å². The maximum atomic E-state index is 13.0. The van der Waals surface area contributed by atoms with Gasteiger partial charge in [0.15, 0.2) is 17.5 Å². The minimum Gasteiger partial charge on any atom is -0.356 e. The lowest BCUT2D eigenvalue weighted by molar-refractivity contribution is -0.122. The molecule has 0 bridgehead atoms. The topological polar surface area (TPSA) is 29.1 Å². The van der Waals surface area contributed by atoms with Crippen LogP contribution in [-0.2, 0) is 11.2 Å². The van der Waals surface area contributed by atoms with Crippen molar-refractivity contribution in [2.24, 2.45) is 11.8 Å². The summed E-state index contributed by atoms with van der Waals surface area (Å²) < 4.78 is 38.7. The summed E-state index contributed by atoms with van der Waals surface area (Å²) in [4.78, 5) is 11.5. The van der Waals surface area contributed by atoms with Gasteiger partial charge in [-0.1, -0.05) is 6.92 Å². The van der Waals surface area contributed by atoms with Gasteiger partial charge in [0.1, 0.15) is 0 Å². The van der Waals surface area contributed by atoms with Crippen LogP contribution in [0.15, 0.2) is 12.1 Å². The van der Waals surface area contributed by atoms with Gasteiger partial charge in [-0.25, -0.2) is 13.2 Å². The molecule has 1 amide bonds. The summed E-state index contributed by atoms with van der Waals surface area (Å²) in [5.41, 5.74) is 0.301. The van der Waals surface area contributed by atoms with Crippen molar-refractivity contribution < 1.29 is 18.0 Å². The monoisotopic (exact) mass is 243 g/mol. The number of hydrogen-bond donors (Lipinski definition) is 1. The van der Waals surface area contributed by atoms with Gasteiger partial charge < -0.3 is 5.32 Å². The van der Waals surface area contributed by atoms with Gasteiger partial charge in [0.2, 0.25) is 5.91 Å². The van der Waals surface area contributed by atoms with E-state index in [1.807, 2.05) is 6.92 Å². The molecule has 1 heterocycles. The molecule has 0 radical (unpaired) electrons. The van der Waals surface area contributed by atoms with E-state index in [-0.39, 0.29) is 24.2 Å². The summed E-state index contributed by atoms with van der Waals surface area (Å²) in [5, 5.41) is 2.68. The molecule has 2 unspecified atom stereocenters. The van der Waals surface area contributed by atoms with Gasteiger partial charge in [0.25, 0.3) is 0 Å². The number of halogens is 3. The summed E-state index contributed by atoms with van der Waals surface area (Å²) >= 11 is 0. The average molecular weight is 243 g/mol. The van der Waals surface area contributed by atoms with Crippen molar-refractivity contribution in [1.82, 2.24) is 5.32 Å². The Morgan fingerprint density at radius 3 is 2.35 bits per heavy atom. The minimum absolute atomic E-state index is 0.110. The zero-order valence-corrected chi connectivity index (χ0v) is 9.27. The van der Waals surface area contributed by atoms with Crippen LogP contribution in [0.5, 0.6) is 0 Å². The summed E-state index contributed by atoms with van der Waals surface area (Å²) in [6.45, 7) is 2.45. The van der Waals surface area contributed by atoms with E-state index in [2.05, 4.69) is 5.32 Å². The van der Waals surface area contributed by atoms with Crippen LogP contribution < -0.4 is 5.32 Å². The van der Waals surface area contributed by atoms with E-state index in [4.69, 9.17) is 0 Å². The largest absolute Gasteiger partial charge is 0.356 e. The molecular weight excluding hydrogens is 231 g/mol. The molecule has 5 heteroatoms. The van der Waals surface area contributed by atoms with Gasteiger partial charge in [0.05, 0.1) is 0 Å². The molecule has 0 spiro atoms. The zero-order valence-electron chi connectivity index (χ0n) is 9.27. The second kappa shape index (κ2) is 4.39. The van der Waals surface area contributed by atoms with E-state index in [0.29, 0.717) is 12.1 Å². The third kappa shape index (κ3) is 2.28. The fraction of sp³-hybridized carbons (Fsp3) is 0.417. The number of amides is 1. The van der Waals surface area contributed by atoms with Crippen molar-refractivity contribution in [1.29, 1.82) is 0 Å². The van der Waals surface area contributed by atoms with Crippen LogP contribution in [0.1, 0.15) is 12.5 Å². The van der Waals surface area contributed by atoms with Crippen LogP contribution in [0.3, 0.4) is 0 Å². The van der Waals surface area contributed by atoms with Crippen LogP contribution in [0.4, 0.5) is 13.2 Å². The molecular formula is C12H12F3NO. The van der Waals surface area contributed by atoms with Crippen LogP contribution >= 0.6 is 0 Å². The first-order chi connectivity index (χ1) is 7.99. The Bertz CT molecular complexity index is 438. The Balaban J connectivity index is 2.22. The van der Waals surface area contributed by atoms with E-state index < -0.39 is 17.5 Å². The highest BCUT2D eigenvalue weighted by molar-refractivity contribution is 5.81. The van der Waals surface area contributed by atoms with Gasteiger partial charge in [-0.05, 0) is 30.0 Å². The highest BCUT2D eigenvalue weighted by Crippen LogP contribution is 2.23. The second-order valence-electron chi connectivity index (χ2n) is 4.41. The molecule has 0 saturated carbocycles. The Morgan fingerprint density at radius 2 is 1.88 bits per heavy atom. The number of benzene rings is 1. The standard InChI is InChI=1S/C12H12F3NO/c1-6-5-16-12(17)8(6)2-7-3-9(13)11(15)10(14)4-7/h3-4,6,8H,2,5H2,1H3,(H,16,17). The smallest absolute Gasteiger partial charge is 0.223 e. The van der Waals surface area contributed by atoms with E-state index in [1.165, 1.54) is 0 Å². The lowest BCUT2D eigenvalue weighted by atomic mass is 9.90. The summed E-state index contributed by atoms with van der Waals surface area (Å²) in [6.07, 6.45) is 0.223. The van der Waals surface area contributed by atoms with E-state index in [0.717, 1.165) is 12.1 Å². The molecule has 2 nitrogen and oxygen atoms in total. The molecule has 1 saturated heterocycles. The lowest BCUT2D eigenvalue weighted by Gasteiger charge is -2.12. The number of hydrogen-bond acceptors (Lipinski definition) is 1. The van der Waals surface area contributed by atoms with Crippen molar-refractivity contribution in [3.05, 3.63) is 35.1 Å². The SMILES string of the molecule is CC1CNC(=O)C1Cc1cc(F)c(F)c(F)c1. The molecule has 1 aliphatic rings. The fourth-order valence-electron chi connectivity index (χ4n) is 2.07. The normalized spacial score (nSPS) is 23.9. The highest BCUT2D eigenvalue weighted by atomic mass is 19.2. The number of nitrogens with one attached hydrogen (secondary N) is 1. The van der Waals surface area contributed by atoms with Crippen molar-refractivity contribution in [2.45, 2.75) is 13.3 Å². The third-order valence-electron chi connectivity index (χ3n) is 3.12. The van der Waals surface area contributed by atoms with E-state index in [1.54, 1.807) is 0 Å². The fourth-order valence-corrected chi connectivity index (χ4v) is 2.07. The molecule has 2 rings (SSSR count). The molecule has 2 atom stereocenters. The first-order valence-electron chi connectivity index (χ1n) is 5.40. The second-order valence-corrected chi connectivity index (χ2v) is 4.41. The van der Waals surface area contributed by atoms with E-state index in [9.17, 15) is 18.0 Å². The first kappa shape index (κ1) is 12.0. The van der Waals surface area contributed by atoms with Crippen molar-refractivity contribution in [3.8, 4) is 0 Å². The Morgan fingerprint density at radius 1 is 1.29 bits per heavy atom. The molecule has 92 valence electrons. The predicted molar refractivity (Wildman–Crippen MR) is 55.7 cm³/mol. The number of rotatable bonds is 2. The Kier molecular flexibility index (Phi) is 3.09. The maximum Gasteiger partial charge on any atom is 0.223 e. The summed E-state index contributed by atoms with van der Waals surface area (Å²) in [5.74, 6) is -4.23. The molecule has 1 aromatic rings. The summed E-state index contributed by atoms with van der Waals surface area (Å²) in [6, 6.07) is 1.88. The molecule has 1 aromatic carbocycles. The Labute approximate surface area is 96.8 Å². The Hall–Kier alpha value is -1.52. The van der Waals surface area contributed by atoms with Crippen LogP contribution in [0.25, 0.3) is 0 Å². The zero-order chi connectivity index (χ0) is 12.6. The van der Waals surface area contributed by atoms with Gasteiger partial charge >= 0.3 is 0 Å². The number of carbonyl (C=O) groups excluding carboxylic acids is 1. The van der Waals surface area contributed by atoms with Gasteiger partial charge in [-0.3, -0.25) is 4.79 Å².